The van der Waals surface area contributed by atoms with Crippen LogP contribution < -0.4 is 15.8 Å². The number of pyridine rings is 2. The monoisotopic (exact) mass is 536 g/mol. The Morgan fingerprint density at radius 3 is 2.69 bits per heavy atom. The maximum absolute atomic E-state index is 15.0. The predicted molar refractivity (Wildman–Crippen MR) is 141 cm³/mol. The molecule has 3 aromatic rings. The number of nitrogens with zero attached hydrogens (tertiary/aromatic N) is 2. The summed E-state index contributed by atoms with van der Waals surface area (Å²) >= 11 is 0. The number of rotatable bonds is 9. The van der Waals surface area contributed by atoms with E-state index in [1.54, 1.807) is 12.1 Å². The lowest BCUT2D eigenvalue weighted by Crippen LogP contribution is -2.59. The highest BCUT2D eigenvalue weighted by atomic mass is 19.1. The van der Waals surface area contributed by atoms with Gasteiger partial charge in [-0.25, -0.2) is 14.2 Å². The van der Waals surface area contributed by atoms with Gasteiger partial charge >= 0.3 is 6.09 Å². The summed E-state index contributed by atoms with van der Waals surface area (Å²) in [5.41, 5.74) is 8.42. The van der Waals surface area contributed by atoms with Crippen LogP contribution in [0.2, 0.25) is 0 Å². The molecule has 1 saturated carbocycles. The van der Waals surface area contributed by atoms with Crippen LogP contribution in [-0.4, -0.2) is 59.2 Å². The van der Waals surface area contributed by atoms with Crippen molar-refractivity contribution in [3.05, 3.63) is 65.6 Å². The number of carbonyl (C=O) groups excluding carboxylic acids is 1. The first-order valence-electron chi connectivity index (χ1n) is 13.5. The second kappa shape index (κ2) is 10.7. The Kier molecular flexibility index (Phi) is 7.09. The van der Waals surface area contributed by atoms with Gasteiger partial charge in [-0.05, 0) is 50.2 Å². The zero-order valence-corrected chi connectivity index (χ0v) is 21.7. The summed E-state index contributed by atoms with van der Waals surface area (Å²) < 4.78 is 37.9. The quantitative estimate of drug-likeness (QED) is 0.424. The molecule has 5 heterocycles. The summed E-state index contributed by atoms with van der Waals surface area (Å²) in [4.78, 5) is 21.0. The van der Waals surface area contributed by atoms with E-state index in [1.807, 2.05) is 30.3 Å². The summed E-state index contributed by atoms with van der Waals surface area (Å²) in [6, 6.07) is 12.7. The molecule has 10 heteroatoms. The molecule has 3 N–H and O–H groups in total. The molecular formula is C29H33FN4O5. The first kappa shape index (κ1) is 25.9. The van der Waals surface area contributed by atoms with Crippen LogP contribution in [-0.2, 0) is 27.2 Å². The molecule has 2 aromatic heterocycles. The number of amides is 1. The lowest BCUT2D eigenvalue weighted by atomic mass is 9.70. The average Bonchev–Trinajstić information content (AvgIpc) is 2.95. The lowest BCUT2D eigenvalue weighted by molar-refractivity contribution is -0.156. The molecule has 3 saturated heterocycles. The smallest absolute Gasteiger partial charge is 0.407 e. The summed E-state index contributed by atoms with van der Waals surface area (Å²) in [6.45, 7) is 1.30. The van der Waals surface area contributed by atoms with Crippen molar-refractivity contribution in [1.29, 1.82) is 0 Å². The zero-order valence-electron chi connectivity index (χ0n) is 21.7. The molecule has 2 bridgehead atoms. The van der Waals surface area contributed by atoms with E-state index in [0.717, 1.165) is 31.2 Å². The molecule has 0 spiro atoms. The lowest BCUT2D eigenvalue weighted by Gasteiger charge is -2.51. The summed E-state index contributed by atoms with van der Waals surface area (Å²) in [7, 11) is 0. The number of carbonyl (C=O) groups is 1. The average molecular weight is 537 g/mol. The van der Waals surface area contributed by atoms with Gasteiger partial charge in [-0.15, -0.1) is 0 Å². The van der Waals surface area contributed by atoms with E-state index < -0.39 is 6.09 Å². The molecule has 7 rings (SSSR count). The Bertz CT molecular complexity index is 1320. The molecule has 0 unspecified atom stereocenters. The van der Waals surface area contributed by atoms with Gasteiger partial charge in [0.1, 0.15) is 25.1 Å². The number of nitrogens with one attached hydrogen (secondary N) is 1. The number of hydrogen-bond acceptors (Lipinski definition) is 8. The first-order valence-corrected chi connectivity index (χ1v) is 13.5. The molecule has 4 fully saturated rings. The van der Waals surface area contributed by atoms with E-state index in [9.17, 15) is 9.18 Å². The molecular weight excluding hydrogens is 503 g/mol. The fourth-order valence-electron chi connectivity index (χ4n) is 5.57. The molecule has 206 valence electrons. The highest BCUT2D eigenvalue weighted by molar-refractivity contribution is 5.78. The molecule has 9 nitrogen and oxygen atoms in total. The van der Waals surface area contributed by atoms with Crippen molar-refractivity contribution in [2.45, 2.75) is 68.4 Å². The van der Waals surface area contributed by atoms with E-state index in [1.165, 1.54) is 6.20 Å². The van der Waals surface area contributed by atoms with Crippen LogP contribution in [0.3, 0.4) is 0 Å². The van der Waals surface area contributed by atoms with E-state index in [2.05, 4.69) is 15.3 Å². The van der Waals surface area contributed by atoms with Crippen LogP contribution in [0.25, 0.3) is 11.0 Å². The number of alkyl carbamates (subject to hydrolysis) is 1. The molecule has 4 aliphatic rings. The van der Waals surface area contributed by atoms with Crippen molar-refractivity contribution in [3.8, 4) is 5.88 Å². The van der Waals surface area contributed by atoms with Crippen LogP contribution in [0.1, 0.15) is 43.2 Å². The van der Waals surface area contributed by atoms with Gasteiger partial charge in [0.05, 0.1) is 42.1 Å². The number of fused-ring (bicyclic) bond motifs is 4. The van der Waals surface area contributed by atoms with Crippen LogP contribution in [0.15, 0.2) is 48.7 Å². The normalized spacial score (nSPS) is 27.6. The van der Waals surface area contributed by atoms with Crippen molar-refractivity contribution in [3.63, 3.8) is 0 Å². The largest absolute Gasteiger partial charge is 0.475 e. The minimum atomic E-state index is -0.510. The third-order valence-electron chi connectivity index (χ3n) is 8.24. The minimum absolute atomic E-state index is 0.179. The van der Waals surface area contributed by atoms with Crippen LogP contribution >= 0.6 is 0 Å². The highest BCUT2D eigenvalue weighted by Gasteiger charge is 2.47. The number of nitrogens with two attached hydrogens (primary N) is 1. The second-order valence-corrected chi connectivity index (χ2v) is 10.9. The molecule has 1 aliphatic carbocycles. The topological polar surface area (TPSA) is 118 Å². The summed E-state index contributed by atoms with van der Waals surface area (Å²) in [5, 5.41) is 2.82. The number of ether oxygens (including phenoxy) is 4. The SMILES string of the molecule is NC12CCC(CCc3c(F)cnc4ccc(OC[C@H]5OC[C@H]5NC(=O)OCc5ccccc5)nc34)(CC1)OC2. The van der Waals surface area contributed by atoms with Gasteiger partial charge < -0.3 is 30.0 Å². The Balaban J connectivity index is 1.06. The number of benzene rings is 1. The van der Waals surface area contributed by atoms with Crippen molar-refractivity contribution >= 4 is 17.1 Å². The Morgan fingerprint density at radius 1 is 1.15 bits per heavy atom. The third-order valence-corrected chi connectivity index (χ3v) is 8.24. The van der Waals surface area contributed by atoms with Gasteiger partial charge in [0.15, 0.2) is 0 Å². The Hall–Kier alpha value is -3.34. The standard InChI is InChI=1S/C29H33FN4O5/c30-21-14-32-22-6-7-25(34-26(22)20(21)8-9-29-12-10-28(31,11-13-29)18-39-29)37-17-24-23(16-36-24)33-27(35)38-15-19-4-2-1-3-5-19/h1-7,14,23-24H,8-13,15-18,31H2,(H,33,35)/t23-,24-,28?,29?/m1/s1. The fraction of sp³-hybridized carbons (Fsp3) is 0.483. The second-order valence-electron chi connectivity index (χ2n) is 10.9. The van der Waals surface area contributed by atoms with Crippen LogP contribution in [0, 0.1) is 5.82 Å². The van der Waals surface area contributed by atoms with Crippen molar-refractivity contribution < 1.29 is 28.1 Å². The zero-order chi connectivity index (χ0) is 26.9. The molecule has 39 heavy (non-hydrogen) atoms. The summed E-state index contributed by atoms with van der Waals surface area (Å²) in [5.74, 6) is -0.0429. The van der Waals surface area contributed by atoms with Crippen molar-refractivity contribution in [2.24, 2.45) is 5.73 Å². The Labute approximate surface area is 226 Å². The van der Waals surface area contributed by atoms with Crippen LogP contribution in [0.4, 0.5) is 9.18 Å². The van der Waals surface area contributed by atoms with Gasteiger partial charge in [0.25, 0.3) is 0 Å². The maximum Gasteiger partial charge on any atom is 0.407 e. The molecule has 1 amide bonds. The van der Waals surface area contributed by atoms with E-state index in [0.29, 0.717) is 48.5 Å². The maximum atomic E-state index is 15.0. The van der Waals surface area contributed by atoms with Crippen molar-refractivity contribution in [1.82, 2.24) is 15.3 Å². The predicted octanol–water partition coefficient (Wildman–Crippen LogP) is 3.81. The van der Waals surface area contributed by atoms with Gasteiger partial charge in [-0.3, -0.25) is 4.98 Å². The van der Waals surface area contributed by atoms with Gasteiger partial charge in [0.2, 0.25) is 5.88 Å². The number of hydrogen-bond donors (Lipinski definition) is 2. The highest BCUT2D eigenvalue weighted by Crippen LogP contribution is 2.45. The first-order chi connectivity index (χ1) is 18.9. The third kappa shape index (κ3) is 5.68. The molecule has 3 aliphatic heterocycles. The molecule has 2 atom stereocenters. The minimum Gasteiger partial charge on any atom is -0.475 e. The number of aromatic nitrogens is 2. The van der Waals surface area contributed by atoms with Crippen LogP contribution in [0.5, 0.6) is 5.88 Å². The summed E-state index contributed by atoms with van der Waals surface area (Å²) in [6.07, 6.45) is 5.25. The van der Waals surface area contributed by atoms with Gasteiger partial charge in [0, 0.05) is 17.2 Å². The van der Waals surface area contributed by atoms with Gasteiger partial charge in [-0.1, -0.05) is 30.3 Å². The van der Waals surface area contributed by atoms with E-state index >= 15 is 0 Å². The Morgan fingerprint density at radius 2 is 1.97 bits per heavy atom. The van der Waals surface area contributed by atoms with Crippen molar-refractivity contribution in [2.75, 3.05) is 19.8 Å². The number of aryl methyl sites for hydroxylation is 1. The van der Waals surface area contributed by atoms with Gasteiger partial charge in [-0.2, -0.15) is 0 Å². The number of halogens is 1. The van der Waals surface area contributed by atoms with E-state index in [-0.39, 0.29) is 42.3 Å². The van der Waals surface area contributed by atoms with E-state index in [4.69, 9.17) is 24.7 Å². The molecule has 0 radical (unpaired) electrons. The molecule has 1 aromatic carbocycles. The fourth-order valence-corrected chi connectivity index (χ4v) is 5.57.